The third kappa shape index (κ3) is 4.30. The Bertz CT molecular complexity index is 1140. The molecule has 0 aliphatic rings. The molecule has 4 rings (SSSR count). The molecule has 2 heterocycles. The van der Waals surface area contributed by atoms with Gasteiger partial charge >= 0.3 is 0 Å². The number of hydrogen-bond acceptors (Lipinski definition) is 6. The Morgan fingerprint density at radius 1 is 1.00 bits per heavy atom. The fraction of sp³-hybridized carbons (Fsp3) is 0.0909. The molecule has 0 saturated heterocycles. The Morgan fingerprint density at radius 2 is 1.83 bits per heavy atom. The molecule has 29 heavy (non-hydrogen) atoms. The maximum Gasteiger partial charge on any atom is 0.274 e. The number of benzene rings is 2. The molecule has 1 amide bonds. The van der Waals surface area contributed by atoms with Crippen LogP contribution in [0.4, 0.5) is 11.5 Å². The van der Waals surface area contributed by atoms with E-state index in [2.05, 4.69) is 25.6 Å². The summed E-state index contributed by atoms with van der Waals surface area (Å²) >= 11 is 0. The first-order chi connectivity index (χ1) is 14.2. The second-order valence-corrected chi connectivity index (χ2v) is 6.32. The minimum atomic E-state index is -0.321. The van der Waals surface area contributed by atoms with Crippen molar-refractivity contribution in [1.29, 1.82) is 0 Å². The van der Waals surface area contributed by atoms with Crippen molar-refractivity contribution in [3.8, 4) is 5.75 Å². The number of pyridine rings is 1. The summed E-state index contributed by atoms with van der Waals surface area (Å²) in [5.41, 5.74) is 2.71. The quantitative estimate of drug-likeness (QED) is 0.523. The molecular formula is C22H19N5O2. The SMILES string of the molecule is COc1ccc(CNc2cc(C(=O)Nc3cccc4cccnc34)ncn2)cc1. The Hall–Kier alpha value is -4.00. The highest BCUT2D eigenvalue weighted by molar-refractivity contribution is 6.07. The average Bonchev–Trinajstić information content (AvgIpc) is 2.78. The lowest BCUT2D eigenvalue weighted by molar-refractivity contribution is 0.102. The number of methoxy groups -OCH3 is 1. The van der Waals surface area contributed by atoms with Crippen LogP contribution in [0, 0.1) is 0 Å². The van der Waals surface area contributed by atoms with Gasteiger partial charge in [-0.1, -0.05) is 30.3 Å². The van der Waals surface area contributed by atoms with E-state index in [9.17, 15) is 4.79 Å². The zero-order valence-electron chi connectivity index (χ0n) is 15.8. The van der Waals surface area contributed by atoms with Gasteiger partial charge in [0.05, 0.1) is 18.3 Å². The molecule has 0 unspecified atom stereocenters. The van der Waals surface area contributed by atoms with Gasteiger partial charge in [0, 0.05) is 24.2 Å². The third-order valence-corrected chi connectivity index (χ3v) is 4.41. The largest absolute Gasteiger partial charge is 0.497 e. The molecule has 0 aliphatic heterocycles. The van der Waals surface area contributed by atoms with Crippen LogP contribution in [0.15, 0.2) is 73.2 Å². The van der Waals surface area contributed by atoms with Crippen LogP contribution in [0.5, 0.6) is 5.75 Å². The van der Waals surface area contributed by atoms with E-state index in [0.29, 0.717) is 18.1 Å². The van der Waals surface area contributed by atoms with Crippen LogP contribution in [0.2, 0.25) is 0 Å². The van der Waals surface area contributed by atoms with Crippen molar-refractivity contribution in [3.05, 3.63) is 84.4 Å². The summed E-state index contributed by atoms with van der Waals surface area (Å²) in [6, 6.07) is 18.8. The summed E-state index contributed by atoms with van der Waals surface area (Å²) in [5, 5.41) is 7.04. The lowest BCUT2D eigenvalue weighted by Crippen LogP contribution is -2.15. The van der Waals surface area contributed by atoms with E-state index in [1.54, 1.807) is 19.4 Å². The lowest BCUT2D eigenvalue weighted by Gasteiger charge is -2.09. The number of para-hydroxylation sites is 1. The number of aromatic nitrogens is 3. The van der Waals surface area contributed by atoms with Crippen LogP contribution in [-0.2, 0) is 6.54 Å². The first-order valence-electron chi connectivity index (χ1n) is 9.07. The molecule has 0 spiro atoms. The summed E-state index contributed by atoms with van der Waals surface area (Å²) in [7, 11) is 1.63. The smallest absolute Gasteiger partial charge is 0.274 e. The number of rotatable bonds is 6. The predicted molar refractivity (Wildman–Crippen MR) is 112 cm³/mol. The fourth-order valence-electron chi connectivity index (χ4n) is 2.91. The van der Waals surface area contributed by atoms with Crippen LogP contribution in [-0.4, -0.2) is 28.0 Å². The number of hydrogen-bond donors (Lipinski definition) is 2. The molecule has 144 valence electrons. The van der Waals surface area contributed by atoms with Crippen LogP contribution >= 0.6 is 0 Å². The summed E-state index contributed by atoms with van der Waals surface area (Å²) in [4.78, 5) is 25.3. The second kappa shape index (κ2) is 8.35. The van der Waals surface area contributed by atoms with Gasteiger partial charge in [-0.3, -0.25) is 9.78 Å². The molecule has 7 heteroatoms. The molecule has 2 aromatic heterocycles. The van der Waals surface area contributed by atoms with Gasteiger partial charge < -0.3 is 15.4 Å². The monoisotopic (exact) mass is 385 g/mol. The molecule has 0 aliphatic carbocycles. The number of amides is 1. The molecule has 7 nitrogen and oxygen atoms in total. The Kier molecular flexibility index (Phi) is 5.29. The maximum atomic E-state index is 12.7. The molecular weight excluding hydrogens is 366 g/mol. The van der Waals surface area contributed by atoms with Crippen LogP contribution in [0.3, 0.4) is 0 Å². The predicted octanol–water partition coefficient (Wildman–Crippen LogP) is 3.90. The van der Waals surface area contributed by atoms with Gasteiger partial charge in [0.1, 0.15) is 23.6 Å². The number of anilines is 2. The summed E-state index contributed by atoms with van der Waals surface area (Å²) in [6.07, 6.45) is 3.07. The standard InChI is InChI=1S/C22H19N5O2/c1-29-17-9-7-15(8-10-17)13-24-20-12-19(25-14-26-20)22(28)27-18-6-2-4-16-5-3-11-23-21(16)18/h2-12,14H,13H2,1H3,(H,27,28)(H,24,25,26). The highest BCUT2D eigenvalue weighted by Gasteiger charge is 2.11. The summed E-state index contributed by atoms with van der Waals surface area (Å²) in [6.45, 7) is 0.565. The van der Waals surface area contributed by atoms with Crippen LogP contribution in [0.25, 0.3) is 10.9 Å². The van der Waals surface area contributed by atoms with Gasteiger partial charge in [0.2, 0.25) is 0 Å². The number of ether oxygens (including phenoxy) is 1. The molecule has 0 radical (unpaired) electrons. The molecule has 4 aromatic rings. The lowest BCUT2D eigenvalue weighted by atomic mass is 10.2. The normalized spacial score (nSPS) is 10.5. The van der Waals surface area contributed by atoms with Gasteiger partial charge in [-0.15, -0.1) is 0 Å². The van der Waals surface area contributed by atoms with Gasteiger partial charge in [-0.25, -0.2) is 9.97 Å². The summed E-state index contributed by atoms with van der Waals surface area (Å²) in [5.74, 6) is 1.05. The van der Waals surface area contributed by atoms with Crippen molar-refractivity contribution in [2.45, 2.75) is 6.54 Å². The van der Waals surface area contributed by atoms with Crippen LogP contribution in [0.1, 0.15) is 16.1 Å². The summed E-state index contributed by atoms with van der Waals surface area (Å²) < 4.78 is 5.16. The van der Waals surface area contributed by atoms with E-state index in [0.717, 1.165) is 22.2 Å². The van der Waals surface area contributed by atoms with Gasteiger partial charge in [-0.05, 0) is 29.8 Å². The van der Waals surface area contributed by atoms with Gasteiger partial charge in [0.25, 0.3) is 5.91 Å². The van der Waals surface area contributed by atoms with Crippen molar-refractivity contribution in [2.24, 2.45) is 0 Å². The molecule has 2 aromatic carbocycles. The van der Waals surface area contributed by atoms with E-state index in [4.69, 9.17) is 4.74 Å². The number of nitrogens with one attached hydrogen (secondary N) is 2. The number of nitrogens with zero attached hydrogens (tertiary/aromatic N) is 3. The van der Waals surface area contributed by atoms with Gasteiger partial charge in [0.15, 0.2) is 0 Å². The number of fused-ring (bicyclic) bond motifs is 1. The van der Waals surface area contributed by atoms with E-state index in [-0.39, 0.29) is 11.6 Å². The highest BCUT2D eigenvalue weighted by Crippen LogP contribution is 2.21. The van der Waals surface area contributed by atoms with Crippen molar-refractivity contribution in [2.75, 3.05) is 17.7 Å². The van der Waals surface area contributed by atoms with Gasteiger partial charge in [-0.2, -0.15) is 0 Å². The maximum absolute atomic E-state index is 12.7. The highest BCUT2D eigenvalue weighted by atomic mass is 16.5. The number of carbonyl (C=O) groups excluding carboxylic acids is 1. The topological polar surface area (TPSA) is 89.0 Å². The molecule has 0 atom stereocenters. The minimum Gasteiger partial charge on any atom is -0.497 e. The fourth-order valence-corrected chi connectivity index (χ4v) is 2.91. The zero-order chi connectivity index (χ0) is 20.1. The number of carbonyl (C=O) groups is 1. The van der Waals surface area contributed by atoms with E-state index in [1.165, 1.54) is 6.33 Å². The van der Waals surface area contributed by atoms with E-state index >= 15 is 0 Å². The third-order valence-electron chi connectivity index (χ3n) is 4.41. The van der Waals surface area contributed by atoms with Crippen molar-refractivity contribution >= 4 is 28.3 Å². The van der Waals surface area contributed by atoms with Crippen molar-refractivity contribution in [3.63, 3.8) is 0 Å². The average molecular weight is 385 g/mol. The first kappa shape index (κ1) is 18.4. The van der Waals surface area contributed by atoms with Crippen molar-refractivity contribution < 1.29 is 9.53 Å². The molecule has 2 N–H and O–H groups in total. The second-order valence-electron chi connectivity index (χ2n) is 6.32. The van der Waals surface area contributed by atoms with E-state index in [1.807, 2.05) is 54.6 Å². The van der Waals surface area contributed by atoms with E-state index < -0.39 is 0 Å². The molecule has 0 bridgehead atoms. The Morgan fingerprint density at radius 3 is 2.66 bits per heavy atom. The van der Waals surface area contributed by atoms with Crippen molar-refractivity contribution in [1.82, 2.24) is 15.0 Å². The zero-order valence-corrected chi connectivity index (χ0v) is 15.8. The Balaban J connectivity index is 1.46. The molecule has 0 fully saturated rings. The first-order valence-corrected chi connectivity index (χ1v) is 9.07. The minimum absolute atomic E-state index is 0.269. The van der Waals surface area contributed by atoms with Crippen LogP contribution < -0.4 is 15.4 Å². The Labute approximate surface area is 167 Å². The molecule has 0 saturated carbocycles.